The predicted molar refractivity (Wildman–Crippen MR) is 67.2 cm³/mol. The third-order valence-corrected chi connectivity index (χ3v) is 3.01. The highest BCUT2D eigenvalue weighted by molar-refractivity contribution is 5.18. The molecule has 0 saturated carbocycles. The first-order valence-corrected chi connectivity index (χ1v) is 5.93. The molecule has 0 radical (unpaired) electrons. The van der Waals surface area contributed by atoms with Crippen LogP contribution in [-0.2, 0) is 0 Å². The molecule has 2 unspecified atom stereocenters. The first kappa shape index (κ1) is 12.3. The van der Waals surface area contributed by atoms with Gasteiger partial charge in [-0.3, -0.25) is 0 Å². The van der Waals surface area contributed by atoms with Gasteiger partial charge in [-0.05, 0) is 43.8 Å². The molecule has 1 nitrogen and oxygen atoms in total. The summed E-state index contributed by atoms with van der Waals surface area (Å²) in [6, 6.07) is 10.8. The van der Waals surface area contributed by atoms with Gasteiger partial charge in [0.25, 0.3) is 0 Å². The van der Waals surface area contributed by atoms with Gasteiger partial charge in [0, 0.05) is 0 Å². The summed E-state index contributed by atoms with van der Waals surface area (Å²) in [5.74, 6) is 1.46. The van der Waals surface area contributed by atoms with Crippen molar-refractivity contribution in [1.82, 2.24) is 5.32 Å². The molecule has 84 valence electrons. The van der Waals surface area contributed by atoms with Gasteiger partial charge in [-0.15, -0.1) is 0 Å². The van der Waals surface area contributed by atoms with E-state index in [-0.39, 0.29) is 0 Å². The summed E-state index contributed by atoms with van der Waals surface area (Å²) >= 11 is 0. The lowest BCUT2D eigenvalue weighted by Crippen LogP contribution is -2.16. The minimum atomic E-state index is 0.686. The monoisotopic (exact) mass is 205 g/mol. The Bertz CT molecular complexity index is 255. The molecule has 0 bridgehead atoms. The summed E-state index contributed by atoms with van der Waals surface area (Å²) in [7, 11) is 2.02. The molecule has 1 aromatic rings. The molecule has 0 fully saturated rings. The number of nitrogens with one attached hydrogen (secondary N) is 1. The molecule has 0 heterocycles. The fourth-order valence-electron chi connectivity index (χ4n) is 1.93. The Hall–Kier alpha value is -0.820. The van der Waals surface area contributed by atoms with Gasteiger partial charge in [0.1, 0.15) is 0 Å². The Balaban J connectivity index is 2.33. The molecule has 15 heavy (non-hydrogen) atoms. The fourth-order valence-corrected chi connectivity index (χ4v) is 1.93. The summed E-state index contributed by atoms with van der Waals surface area (Å²) in [6.45, 7) is 5.76. The van der Waals surface area contributed by atoms with Crippen molar-refractivity contribution in [3.05, 3.63) is 35.9 Å². The SMILES string of the molecule is CNCC(C)CCC(C)c1ccccc1. The van der Waals surface area contributed by atoms with Crippen molar-refractivity contribution in [2.24, 2.45) is 5.92 Å². The van der Waals surface area contributed by atoms with Gasteiger partial charge in [0.05, 0.1) is 0 Å². The van der Waals surface area contributed by atoms with E-state index < -0.39 is 0 Å². The number of rotatable bonds is 6. The molecule has 1 N–H and O–H groups in total. The Kier molecular flexibility index (Phi) is 5.41. The van der Waals surface area contributed by atoms with E-state index in [1.807, 2.05) is 7.05 Å². The third-order valence-electron chi connectivity index (χ3n) is 3.01. The second kappa shape index (κ2) is 6.62. The third kappa shape index (κ3) is 4.48. The van der Waals surface area contributed by atoms with E-state index in [0.29, 0.717) is 5.92 Å². The molecule has 1 heteroatoms. The molecule has 0 aliphatic heterocycles. The lowest BCUT2D eigenvalue weighted by molar-refractivity contribution is 0.464. The van der Waals surface area contributed by atoms with Crippen molar-refractivity contribution < 1.29 is 0 Å². The molecule has 0 saturated heterocycles. The molecule has 0 aliphatic rings. The summed E-state index contributed by atoms with van der Waals surface area (Å²) < 4.78 is 0. The molecule has 0 spiro atoms. The van der Waals surface area contributed by atoms with Crippen molar-refractivity contribution in [1.29, 1.82) is 0 Å². The minimum Gasteiger partial charge on any atom is -0.319 e. The molecule has 2 atom stereocenters. The van der Waals surface area contributed by atoms with Crippen LogP contribution in [0.15, 0.2) is 30.3 Å². The Morgan fingerprint density at radius 2 is 1.73 bits per heavy atom. The van der Waals surface area contributed by atoms with Crippen LogP contribution in [0.25, 0.3) is 0 Å². The van der Waals surface area contributed by atoms with E-state index in [1.165, 1.54) is 18.4 Å². The maximum Gasteiger partial charge on any atom is -0.00262 e. The normalized spacial score (nSPS) is 14.9. The van der Waals surface area contributed by atoms with E-state index in [1.54, 1.807) is 0 Å². The highest BCUT2D eigenvalue weighted by Crippen LogP contribution is 2.22. The van der Waals surface area contributed by atoms with Gasteiger partial charge in [-0.2, -0.15) is 0 Å². The summed E-state index contributed by atoms with van der Waals surface area (Å²) in [4.78, 5) is 0. The van der Waals surface area contributed by atoms with Crippen molar-refractivity contribution in [2.75, 3.05) is 13.6 Å². The summed E-state index contributed by atoms with van der Waals surface area (Å²) in [5, 5.41) is 3.23. The molecule has 1 rings (SSSR count). The first-order chi connectivity index (χ1) is 7.24. The highest BCUT2D eigenvalue weighted by atomic mass is 14.8. The van der Waals surface area contributed by atoms with Gasteiger partial charge in [0.15, 0.2) is 0 Å². The number of hydrogen-bond donors (Lipinski definition) is 1. The Morgan fingerprint density at radius 1 is 1.07 bits per heavy atom. The summed E-state index contributed by atoms with van der Waals surface area (Å²) in [6.07, 6.45) is 2.59. The second-order valence-electron chi connectivity index (χ2n) is 4.55. The van der Waals surface area contributed by atoms with Crippen LogP contribution in [0.2, 0.25) is 0 Å². The molecular weight excluding hydrogens is 182 g/mol. The quantitative estimate of drug-likeness (QED) is 0.750. The maximum absolute atomic E-state index is 3.23. The standard InChI is InChI=1S/C14H23N/c1-12(11-15-3)9-10-13(2)14-7-5-4-6-8-14/h4-8,12-13,15H,9-11H2,1-3H3. The molecular formula is C14H23N. The highest BCUT2D eigenvalue weighted by Gasteiger charge is 2.07. The predicted octanol–water partition coefficient (Wildman–Crippen LogP) is 3.43. The van der Waals surface area contributed by atoms with Gasteiger partial charge in [-0.1, -0.05) is 44.2 Å². The molecule has 0 aliphatic carbocycles. The second-order valence-corrected chi connectivity index (χ2v) is 4.55. The average molecular weight is 205 g/mol. The van der Waals surface area contributed by atoms with Gasteiger partial charge >= 0.3 is 0 Å². The van der Waals surface area contributed by atoms with Crippen molar-refractivity contribution in [3.63, 3.8) is 0 Å². The van der Waals surface area contributed by atoms with Crippen molar-refractivity contribution >= 4 is 0 Å². The van der Waals surface area contributed by atoms with Gasteiger partial charge < -0.3 is 5.32 Å². The summed E-state index contributed by atoms with van der Waals surface area (Å²) in [5.41, 5.74) is 1.47. The molecule has 1 aromatic carbocycles. The number of benzene rings is 1. The Labute approximate surface area is 93.9 Å². The maximum atomic E-state index is 3.23. The Morgan fingerprint density at radius 3 is 2.33 bits per heavy atom. The van der Waals surface area contributed by atoms with E-state index in [4.69, 9.17) is 0 Å². The number of hydrogen-bond acceptors (Lipinski definition) is 1. The van der Waals surface area contributed by atoms with Crippen LogP contribution in [0.3, 0.4) is 0 Å². The van der Waals surface area contributed by atoms with Crippen LogP contribution in [0, 0.1) is 5.92 Å². The van der Waals surface area contributed by atoms with Crippen LogP contribution in [0.1, 0.15) is 38.2 Å². The van der Waals surface area contributed by atoms with Crippen LogP contribution in [0.5, 0.6) is 0 Å². The van der Waals surface area contributed by atoms with Crippen LogP contribution >= 0.6 is 0 Å². The smallest absolute Gasteiger partial charge is 0.00262 e. The fraction of sp³-hybridized carbons (Fsp3) is 0.571. The van der Waals surface area contributed by atoms with Crippen LogP contribution in [0.4, 0.5) is 0 Å². The van der Waals surface area contributed by atoms with Crippen LogP contribution in [-0.4, -0.2) is 13.6 Å². The lowest BCUT2D eigenvalue weighted by Gasteiger charge is -2.15. The molecule has 0 aromatic heterocycles. The average Bonchev–Trinajstić information content (AvgIpc) is 2.27. The van der Waals surface area contributed by atoms with Crippen molar-refractivity contribution in [2.45, 2.75) is 32.6 Å². The van der Waals surface area contributed by atoms with E-state index in [0.717, 1.165) is 12.5 Å². The van der Waals surface area contributed by atoms with Crippen molar-refractivity contribution in [3.8, 4) is 0 Å². The largest absolute Gasteiger partial charge is 0.319 e. The lowest BCUT2D eigenvalue weighted by atomic mass is 9.92. The zero-order valence-electron chi connectivity index (χ0n) is 10.2. The minimum absolute atomic E-state index is 0.686. The zero-order chi connectivity index (χ0) is 11.1. The van der Waals surface area contributed by atoms with E-state index in [9.17, 15) is 0 Å². The topological polar surface area (TPSA) is 12.0 Å². The van der Waals surface area contributed by atoms with Crippen LogP contribution < -0.4 is 5.32 Å². The van der Waals surface area contributed by atoms with E-state index >= 15 is 0 Å². The zero-order valence-corrected chi connectivity index (χ0v) is 10.2. The molecule has 0 amide bonds. The first-order valence-electron chi connectivity index (χ1n) is 5.93. The van der Waals surface area contributed by atoms with Gasteiger partial charge in [0.2, 0.25) is 0 Å². The van der Waals surface area contributed by atoms with E-state index in [2.05, 4.69) is 49.5 Å². The van der Waals surface area contributed by atoms with Gasteiger partial charge in [-0.25, -0.2) is 0 Å².